The van der Waals surface area contributed by atoms with Crippen LogP contribution in [0.4, 0.5) is 5.69 Å². The van der Waals surface area contributed by atoms with E-state index in [1.165, 1.54) is 0 Å². The zero-order valence-electron chi connectivity index (χ0n) is 33.1. The predicted molar refractivity (Wildman–Crippen MR) is 226 cm³/mol. The second-order valence-electron chi connectivity index (χ2n) is 15.7. The standard InChI is InChI=1S/C50H46N4O6/c55-29-30-59-39-21-12-19-37(32-39)46-50(40-31-34(24-25-41(40)53-49(50)58)23-22-33-13-4-1-5-14-33)42(47(56)52-28-26-38-20-10-11-27-51-38)44-48(57)60-45(36-17-8-3-9-18-36)43(54(44)46)35-15-6-2-7-16-35/h2-3,6-13,15-21,24-25,27,31-32,42-46,55H,1,4-5,14,26,28-30H2,(H,52,56)(H,53,58). The Bertz CT molecular complexity index is 2480. The molecule has 60 heavy (non-hydrogen) atoms. The normalized spacial score (nSPS) is 24.3. The number of aliphatic hydroxyl groups is 1. The molecule has 0 bridgehead atoms. The smallest absolute Gasteiger partial charge is 0.324 e. The number of cyclic esters (lactones) is 1. The molecule has 1 aliphatic carbocycles. The molecular formula is C50H46N4O6. The lowest BCUT2D eigenvalue weighted by Crippen LogP contribution is -2.55. The maximum atomic E-state index is 15.5. The van der Waals surface area contributed by atoms with E-state index < -0.39 is 53.3 Å². The molecule has 2 amide bonds. The fraction of sp³-hybridized carbons (Fsp3) is 0.280. The number of hydrogen-bond donors (Lipinski definition) is 3. The van der Waals surface area contributed by atoms with Gasteiger partial charge in [-0.3, -0.25) is 24.3 Å². The Morgan fingerprint density at radius 1 is 0.883 bits per heavy atom. The molecule has 10 nitrogen and oxygen atoms in total. The molecule has 6 unspecified atom stereocenters. The monoisotopic (exact) mass is 798 g/mol. The molecule has 2 saturated heterocycles. The number of esters is 1. The fourth-order valence-corrected chi connectivity index (χ4v) is 9.68. The van der Waals surface area contributed by atoms with E-state index in [1.54, 1.807) is 12.3 Å². The molecule has 6 atom stereocenters. The molecule has 4 aliphatic rings. The minimum absolute atomic E-state index is 0.0593. The molecule has 1 aromatic heterocycles. The van der Waals surface area contributed by atoms with Gasteiger partial charge in [0.1, 0.15) is 29.9 Å². The maximum Gasteiger partial charge on any atom is 0.324 e. The summed E-state index contributed by atoms with van der Waals surface area (Å²) in [6.45, 7) is 0.0939. The lowest BCUT2D eigenvalue weighted by atomic mass is 9.65. The number of carbonyl (C=O) groups is 3. The number of anilines is 1. The molecule has 1 spiro atoms. The highest BCUT2D eigenvalue weighted by atomic mass is 16.6. The van der Waals surface area contributed by atoms with Crippen LogP contribution >= 0.6 is 0 Å². The molecular weight excluding hydrogens is 753 g/mol. The number of aromatic nitrogens is 1. The van der Waals surface area contributed by atoms with E-state index >= 15 is 14.4 Å². The van der Waals surface area contributed by atoms with Crippen molar-refractivity contribution < 1.29 is 29.0 Å². The van der Waals surface area contributed by atoms with Crippen molar-refractivity contribution in [3.63, 3.8) is 0 Å². The Labute approximate surface area is 349 Å². The first kappa shape index (κ1) is 38.9. The van der Waals surface area contributed by atoms with Gasteiger partial charge in [-0.1, -0.05) is 96.8 Å². The van der Waals surface area contributed by atoms with Crippen molar-refractivity contribution in [1.29, 1.82) is 0 Å². The number of aliphatic hydroxyl groups excluding tert-OH is 1. The van der Waals surface area contributed by atoms with Crippen molar-refractivity contribution in [2.45, 2.75) is 61.7 Å². The Balaban J connectivity index is 1.28. The topological polar surface area (TPSA) is 130 Å². The van der Waals surface area contributed by atoms with Gasteiger partial charge >= 0.3 is 5.97 Å². The highest BCUT2D eigenvalue weighted by Gasteiger charge is 2.74. The van der Waals surface area contributed by atoms with Gasteiger partial charge in [-0.15, -0.1) is 0 Å². The molecule has 10 heteroatoms. The second-order valence-corrected chi connectivity index (χ2v) is 15.7. The van der Waals surface area contributed by atoms with Crippen LogP contribution in [0.5, 0.6) is 5.75 Å². The number of benzene rings is 4. The van der Waals surface area contributed by atoms with Crippen LogP contribution in [0, 0.1) is 17.8 Å². The number of rotatable bonds is 10. The summed E-state index contributed by atoms with van der Waals surface area (Å²) in [4.78, 5) is 52.4. The quantitative estimate of drug-likeness (QED) is 0.103. The van der Waals surface area contributed by atoms with Crippen molar-refractivity contribution in [3.8, 4) is 17.6 Å². The minimum Gasteiger partial charge on any atom is -0.491 e. The summed E-state index contributed by atoms with van der Waals surface area (Å²) in [7, 11) is 0. The van der Waals surface area contributed by atoms with Gasteiger partial charge in [0.25, 0.3) is 0 Å². The first-order chi connectivity index (χ1) is 29.5. The third kappa shape index (κ3) is 7.14. The summed E-state index contributed by atoms with van der Waals surface area (Å²) < 4.78 is 12.5. The van der Waals surface area contributed by atoms with Gasteiger partial charge in [0.15, 0.2) is 0 Å². The number of pyridine rings is 1. The summed E-state index contributed by atoms with van der Waals surface area (Å²) >= 11 is 0. The largest absolute Gasteiger partial charge is 0.491 e. The highest BCUT2D eigenvalue weighted by molar-refractivity contribution is 6.12. The first-order valence-electron chi connectivity index (χ1n) is 20.7. The lowest BCUT2D eigenvalue weighted by Gasteiger charge is -2.46. The number of nitrogens with one attached hydrogen (secondary N) is 2. The number of ether oxygens (including phenoxy) is 2. The summed E-state index contributed by atoms with van der Waals surface area (Å²) in [5.74, 6) is 4.51. The van der Waals surface area contributed by atoms with Crippen LogP contribution in [-0.4, -0.2) is 58.6 Å². The van der Waals surface area contributed by atoms with Crippen molar-refractivity contribution in [2.24, 2.45) is 5.92 Å². The molecule has 9 rings (SSSR count). The average molecular weight is 799 g/mol. The van der Waals surface area contributed by atoms with E-state index in [-0.39, 0.29) is 19.8 Å². The second kappa shape index (κ2) is 17.0. The summed E-state index contributed by atoms with van der Waals surface area (Å²) in [6, 6.07) is 35.4. The van der Waals surface area contributed by atoms with E-state index in [1.807, 2.05) is 115 Å². The van der Waals surface area contributed by atoms with Crippen LogP contribution in [0.15, 0.2) is 139 Å². The predicted octanol–water partition coefficient (Wildman–Crippen LogP) is 6.93. The van der Waals surface area contributed by atoms with Gasteiger partial charge in [0, 0.05) is 36.1 Å². The number of allylic oxidation sites excluding steroid dienone is 2. The van der Waals surface area contributed by atoms with Crippen LogP contribution in [0.2, 0.25) is 0 Å². The van der Waals surface area contributed by atoms with Gasteiger partial charge in [-0.25, -0.2) is 0 Å². The Kier molecular flexibility index (Phi) is 11.0. The van der Waals surface area contributed by atoms with Crippen LogP contribution in [0.3, 0.4) is 0 Å². The van der Waals surface area contributed by atoms with E-state index in [9.17, 15) is 5.11 Å². The van der Waals surface area contributed by atoms with E-state index in [4.69, 9.17) is 9.47 Å². The molecule has 302 valence electrons. The van der Waals surface area contributed by atoms with Crippen molar-refractivity contribution in [3.05, 3.63) is 173 Å². The first-order valence-corrected chi connectivity index (χ1v) is 20.7. The molecule has 2 fully saturated rings. The lowest BCUT2D eigenvalue weighted by molar-refractivity contribution is -0.178. The van der Waals surface area contributed by atoms with E-state index in [0.29, 0.717) is 34.5 Å². The molecule has 0 radical (unpaired) electrons. The van der Waals surface area contributed by atoms with E-state index in [2.05, 4.69) is 38.4 Å². The summed E-state index contributed by atoms with van der Waals surface area (Å²) in [5, 5.41) is 16.0. The minimum atomic E-state index is -1.66. The van der Waals surface area contributed by atoms with Crippen molar-refractivity contribution in [2.75, 3.05) is 25.1 Å². The van der Waals surface area contributed by atoms with Crippen LogP contribution in [0.25, 0.3) is 0 Å². The third-order valence-corrected chi connectivity index (χ3v) is 12.2. The highest BCUT2D eigenvalue weighted by Crippen LogP contribution is 2.65. The van der Waals surface area contributed by atoms with Gasteiger partial charge in [-0.2, -0.15) is 0 Å². The number of fused-ring (bicyclic) bond motifs is 3. The Hall–Kier alpha value is -6.54. The fourth-order valence-electron chi connectivity index (χ4n) is 9.68. The van der Waals surface area contributed by atoms with E-state index in [0.717, 1.165) is 48.1 Å². The van der Waals surface area contributed by atoms with Crippen LogP contribution < -0.4 is 15.4 Å². The number of carbonyl (C=O) groups excluding carboxylic acids is 3. The molecule has 3 aliphatic heterocycles. The number of nitrogens with zero attached hydrogens (tertiary/aromatic N) is 2. The number of hydrogen-bond acceptors (Lipinski definition) is 8. The maximum absolute atomic E-state index is 15.5. The summed E-state index contributed by atoms with van der Waals surface area (Å²) in [6.07, 6.45) is 7.70. The van der Waals surface area contributed by atoms with Gasteiger partial charge in [-0.05, 0) is 96.0 Å². The average Bonchev–Trinajstić information content (AvgIpc) is 3.77. The zero-order chi connectivity index (χ0) is 41.1. The number of amides is 2. The number of morpholine rings is 1. The zero-order valence-corrected chi connectivity index (χ0v) is 33.1. The van der Waals surface area contributed by atoms with Gasteiger partial charge < -0.3 is 25.2 Å². The van der Waals surface area contributed by atoms with Crippen molar-refractivity contribution in [1.82, 2.24) is 15.2 Å². The molecule has 5 aromatic rings. The Morgan fingerprint density at radius 2 is 1.67 bits per heavy atom. The van der Waals surface area contributed by atoms with Gasteiger partial charge in [0.05, 0.1) is 24.6 Å². The van der Waals surface area contributed by atoms with Crippen LogP contribution in [-0.2, 0) is 31.0 Å². The van der Waals surface area contributed by atoms with Crippen molar-refractivity contribution >= 4 is 23.5 Å². The van der Waals surface area contributed by atoms with Gasteiger partial charge in [0.2, 0.25) is 11.8 Å². The molecule has 0 saturated carbocycles. The SMILES string of the molecule is O=C1OC(c2ccccc2)C(c2ccccc2)N2C1C(C(=O)NCCc1ccccn1)C1(C(=O)Nc3ccc(C#CC4=CCCCC4)cc31)C2c1cccc(OCCO)c1. The summed E-state index contributed by atoms with van der Waals surface area (Å²) in [5.41, 5.74) is 4.34. The van der Waals surface area contributed by atoms with Crippen LogP contribution in [0.1, 0.15) is 77.4 Å². The molecule has 3 N–H and O–H groups in total. The molecule has 4 aromatic carbocycles. The Morgan fingerprint density at radius 3 is 2.42 bits per heavy atom. The molecule has 4 heterocycles. The third-order valence-electron chi connectivity index (χ3n) is 12.2.